The molecule has 1 heterocycles. The average molecular weight is 297 g/mol. The lowest BCUT2D eigenvalue weighted by Gasteiger charge is -2.06. The van der Waals surface area contributed by atoms with Gasteiger partial charge < -0.3 is 10.6 Å². The van der Waals surface area contributed by atoms with Crippen LogP contribution in [0.2, 0.25) is 0 Å². The topological polar surface area (TPSA) is 86.9 Å². The van der Waals surface area contributed by atoms with Crippen LogP contribution in [0.15, 0.2) is 29.1 Å². The van der Waals surface area contributed by atoms with E-state index in [-0.39, 0.29) is 29.6 Å². The van der Waals surface area contributed by atoms with Crippen molar-refractivity contribution in [1.29, 1.82) is 0 Å². The molecular formula is C13H17ClN4O2. The minimum absolute atomic E-state index is 0. The number of aromatic nitrogens is 2. The van der Waals surface area contributed by atoms with Crippen molar-refractivity contribution in [2.45, 2.75) is 6.92 Å². The molecule has 1 aromatic heterocycles. The number of fused-ring (bicyclic) bond motifs is 1. The minimum Gasteiger partial charge on any atom is -0.349 e. The van der Waals surface area contributed by atoms with Crippen LogP contribution in [0.1, 0.15) is 17.4 Å². The Morgan fingerprint density at radius 1 is 1.25 bits per heavy atom. The zero-order valence-corrected chi connectivity index (χ0v) is 11.9. The summed E-state index contributed by atoms with van der Waals surface area (Å²) in [6.07, 6.45) is 0. The molecule has 1 aromatic carbocycles. The largest absolute Gasteiger partial charge is 0.349 e. The highest BCUT2D eigenvalue weighted by Crippen LogP contribution is 2.11. The van der Waals surface area contributed by atoms with Gasteiger partial charge in [-0.15, -0.1) is 12.4 Å². The molecule has 6 nitrogen and oxygen atoms in total. The van der Waals surface area contributed by atoms with E-state index in [1.165, 1.54) is 0 Å². The van der Waals surface area contributed by atoms with Crippen molar-refractivity contribution in [3.63, 3.8) is 0 Å². The highest BCUT2D eigenvalue weighted by atomic mass is 35.5. The van der Waals surface area contributed by atoms with Gasteiger partial charge in [0.1, 0.15) is 0 Å². The Labute approximate surface area is 122 Å². The fraction of sp³-hybridized carbons (Fsp3) is 0.308. The molecule has 3 N–H and O–H groups in total. The van der Waals surface area contributed by atoms with E-state index in [0.717, 1.165) is 6.54 Å². The summed E-state index contributed by atoms with van der Waals surface area (Å²) in [4.78, 5) is 23.6. The Morgan fingerprint density at radius 2 is 1.95 bits per heavy atom. The number of hydrogen-bond acceptors (Lipinski definition) is 4. The van der Waals surface area contributed by atoms with Crippen molar-refractivity contribution in [3.05, 3.63) is 40.3 Å². The molecule has 0 fully saturated rings. The molecule has 0 aliphatic carbocycles. The summed E-state index contributed by atoms with van der Waals surface area (Å²) in [6, 6.07) is 6.92. The maximum atomic E-state index is 12.0. The number of likely N-dealkylation sites (N-methyl/N-ethyl adjacent to an activating group) is 1. The molecule has 2 aromatic rings. The summed E-state index contributed by atoms with van der Waals surface area (Å²) in [5, 5.41) is 13.1. The van der Waals surface area contributed by atoms with Gasteiger partial charge in [0, 0.05) is 18.5 Å². The van der Waals surface area contributed by atoms with Crippen LogP contribution in [-0.4, -0.2) is 35.7 Å². The highest BCUT2D eigenvalue weighted by Gasteiger charge is 2.12. The summed E-state index contributed by atoms with van der Waals surface area (Å²) in [7, 11) is 0. The second kappa shape index (κ2) is 7.62. The standard InChI is InChI=1S/C13H16N4O2.ClH/c1-2-14-7-8-15-13(19)11-9-5-3-4-6-10(9)12(18)17-16-11;/h3-6,14H,2,7-8H2,1H3,(H,15,19)(H,17,18);1H. The van der Waals surface area contributed by atoms with Crippen molar-refractivity contribution in [2.75, 3.05) is 19.6 Å². The van der Waals surface area contributed by atoms with Crippen molar-refractivity contribution in [3.8, 4) is 0 Å². The van der Waals surface area contributed by atoms with E-state index in [0.29, 0.717) is 23.9 Å². The quantitative estimate of drug-likeness (QED) is 0.708. The Morgan fingerprint density at radius 3 is 2.65 bits per heavy atom. The van der Waals surface area contributed by atoms with Gasteiger partial charge in [-0.25, -0.2) is 5.10 Å². The third kappa shape index (κ3) is 3.55. The van der Waals surface area contributed by atoms with E-state index in [1.807, 2.05) is 6.92 Å². The predicted octanol–water partition coefficient (Wildman–Crippen LogP) is 0.684. The number of carbonyl (C=O) groups excluding carboxylic acids is 1. The van der Waals surface area contributed by atoms with Gasteiger partial charge in [-0.05, 0) is 12.6 Å². The molecule has 0 saturated heterocycles. The molecular weight excluding hydrogens is 280 g/mol. The van der Waals surface area contributed by atoms with E-state index < -0.39 is 0 Å². The van der Waals surface area contributed by atoms with Gasteiger partial charge >= 0.3 is 0 Å². The number of carbonyl (C=O) groups is 1. The molecule has 0 bridgehead atoms. The molecule has 1 amide bonds. The first-order valence-electron chi connectivity index (χ1n) is 6.20. The van der Waals surface area contributed by atoms with Gasteiger partial charge in [-0.3, -0.25) is 9.59 Å². The Kier molecular flexibility index (Phi) is 6.14. The lowest BCUT2D eigenvalue weighted by atomic mass is 10.1. The fourth-order valence-electron chi connectivity index (χ4n) is 1.81. The molecule has 108 valence electrons. The second-order valence-electron chi connectivity index (χ2n) is 4.06. The number of benzene rings is 1. The highest BCUT2D eigenvalue weighted by molar-refractivity contribution is 6.04. The number of halogens is 1. The van der Waals surface area contributed by atoms with Gasteiger partial charge in [0.05, 0.1) is 5.39 Å². The van der Waals surface area contributed by atoms with Crippen molar-refractivity contribution >= 4 is 29.1 Å². The van der Waals surface area contributed by atoms with Crippen LogP contribution in [-0.2, 0) is 0 Å². The number of hydrogen-bond donors (Lipinski definition) is 3. The van der Waals surface area contributed by atoms with E-state index in [9.17, 15) is 9.59 Å². The lowest BCUT2D eigenvalue weighted by Crippen LogP contribution is -2.33. The SMILES string of the molecule is CCNCCNC(=O)c1n[nH]c(=O)c2ccccc12.Cl. The fourth-order valence-corrected chi connectivity index (χ4v) is 1.81. The predicted molar refractivity (Wildman–Crippen MR) is 80.5 cm³/mol. The lowest BCUT2D eigenvalue weighted by molar-refractivity contribution is 0.0950. The van der Waals surface area contributed by atoms with Crippen molar-refractivity contribution in [2.24, 2.45) is 0 Å². The number of rotatable bonds is 5. The summed E-state index contributed by atoms with van der Waals surface area (Å²) >= 11 is 0. The maximum absolute atomic E-state index is 12.0. The molecule has 2 rings (SSSR count). The van der Waals surface area contributed by atoms with Crippen LogP contribution in [0, 0.1) is 0 Å². The van der Waals surface area contributed by atoms with Gasteiger partial charge in [-0.2, -0.15) is 5.10 Å². The number of H-pyrrole nitrogens is 1. The number of nitrogens with zero attached hydrogens (tertiary/aromatic N) is 1. The Bertz CT molecular complexity index is 642. The summed E-state index contributed by atoms with van der Waals surface area (Å²) in [5.41, 5.74) is -0.0495. The van der Waals surface area contributed by atoms with Crippen LogP contribution in [0.5, 0.6) is 0 Å². The molecule has 0 spiro atoms. The molecule has 0 saturated carbocycles. The van der Waals surface area contributed by atoms with Crippen LogP contribution >= 0.6 is 12.4 Å². The number of nitrogens with one attached hydrogen (secondary N) is 3. The van der Waals surface area contributed by atoms with E-state index in [1.54, 1.807) is 24.3 Å². The monoisotopic (exact) mass is 296 g/mol. The third-order valence-corrected chi connectivity index (χ3v) is 2.75. The van der Waals surface area contributed by atoms with E-state index >= 15 is 0 Å². The Hall–Kier alpha value is -1.92. The van der Waals surface area contributed by atoms with Gasteiger partial charge in [0.2, 0.25) is 0 Å². The summed E-state index contributed by atoms with van der Waals surface area (Å²) in [5.74, 6) is -0.287. The summed E-state index contributed by atoms with van der Waals surface area (Å²) < 4.78 is 0. The minimum atomic E-state index is -0.292. The van der Waals surface area contributed by atoms with Gasteiger partial charge in [0.15, 0.2) is 5.69 Å². The van der Waals surface area contributed by atoms with Crippen molar-refractivity contribution < 1.29 is 4.79 Å². The smallest absolute Gasteiger partial charge is 0.272 e. The maximum Gasteiger partial charge on any atom is 0.272 e. The molecule has 0 aliphatic heterocycles. The van der Waals surface area contributed by atoms with Crippen LogP contribution in [0.4, 0.5) is 0 Å². The van der Waals surface area contributed by atoms with E-state index in [2.05, 4.69) is 20.8 Å². The molecule has 0 aliphatic rings. The van der Waals surface area contributed by atoms with Crippen LogP contribution < -0.4 is 16.2 Å². The second-order valence-corrected chi connectivity index (χ2v) is 4.06. The third-order valence-electron chi connectivity index (χ3n) is 2.75. The molecule has 0 atom stereocenters. The molecule has 7 heteroatoms. The van der Waals surface area contributed by atoms with Gasteiger partial charge in [-0.1, -0.05) is 25.1 Å². The summed E-state index contributed by atoms with van der Waals surface area (Å²) in [6.45, 7) is 4.07. The normalized spacial score (nSPS) is 10.1. The van der Waals surface area contributed by atoms with Gasteiger partial charge in [0.25, 0.3) is 11.5 Å². The number of amides is 1. The number of aromatic amines is 1. The molecule has 0 radical (unpaired) electrons. The molecule has 20 heavy (non-hydrogen) atoms. The first-order valence-corrected chi connectivity index (χ1v) is 6.20. The van der Waals surface area contributed by atoms with E-state index in [4.69, 9.17) is 0 Å². The Balaban J connectivity index is 0.00000200. The zero-order chi connectivity index (χ0) is 13.7. The van der Waals surface area contributed by atoms with Crippen LogP contribution in [0.3, 0.4) is 0 Å². The first-order chi connectivity index (χ1) is 9.24. The average Bonchev–Trinajstić information content (AvgIpc) is 2.44. The van der Waals surface area contributed by atoms with Crippen molar-refractivity contribution in [1.82, 2.24) is 20.8 Å². The molecule has 0 unspecified atom stereocenters. The van der Waals surface area contributed by atoms with Crippen LogP contribution in [0.25, 0.3) is 10.8 Å². The first kappa shape index (κ1) is 16.1. The zero-order valence-electron chi connectivity index (χ0n) is 11.1.